The largest absolute Gasteiger partial charge is 0.311 e. The number of piperidine rings is 1. The lowest BCUT2D eigenvalue weighted by atomic mass is 9.98. The Balaban J connectivity index is 0.000000902. The van der Waals surface area contributed by atoms with Crippen molar-refractivity contribution in [3.05, 3.63) is 18.5 Å². The first kappa shape index (κ1) is 16.8. The highest BCUT2D eigenvalue weighted by Crippen LogP contribution is 2.29. The van der Waals surface area contributed by atoms with E-state index in [0.29, 0.717) is 0 Å². The predicted molar refractivity (Wildman–Crippen MR) is 82.3 cm³/mol. The van der Waals surface area contributed by atoms with Gasteiger partial charge in [0.2, 0.25) is 0 Å². The summed E-state index contributed by atoms with van der Waals surface area (Å²) in [6, 6.07) is 4.33. The van der Waals surface area contributed by atoms with E-state index in [9.17, 15) is 0 Å². The van der Waals surface area contributed by atoms with Crippen LogP contribution in [-0.4, -0.2) is 46.4 Å². The molecule has 0 radical (unpaired) electrons. The molecule has 2 fully saturated rings. The molecule has 6 heteroatoms. The summed E-state index contributed by atoms with van der Waals surface area (Å²) in [5, 5.41) is 7.95. The molecule has 2 atom stereocenters. The second-order valence-electron chi connectivity index (χ2n) is 5.51. The van der Waals surface area contributed by atoms with Crippen LogP contribution >= 0.6 is 24.8 Å². The van der Waals surface area contributed by atoms with Gasteiger partial charge in [0.25, 0.3) is 0 Å². The second-order valence-corrected chi connectivity index (χ2v) is 5.51. The fraction of sp³-hybridized carbons (Fsp3) is 0.769. The van der Waals surface area contributed by atoms with E-state index in [1.54, 1.807) is 0 Å². The van der Waals surface area contributed by atoms with Gasteiger partial charge < -0.3 is 10.2 Å². The average molecular weight is 307 g/mol. The van der Waals surface area contributed by atoms with Crippen molar-refractivity contribution in [2.45, 2.75) is 50.4 Å². The van der Waals surface area contributed by atoms with Gasteiger partial charge in [-0.3, -0.25) is 4.68 Å². The van der Waals surface area contributed by atoms with E-state index >= 15 is 0 Å². The zero-order valence-corrected chi connectivity index (χ0v) is 13.0. The number of nitrogens with zero attached hydrogens (tertiary/aromatic N) is 3. The van der Waals surface area contributed by atoms with Crippen molar-refractivity contribution in [2.75, 3.05) is 13.6 Å². The summed E-state index contributed by atoms with van der Waals surface area (Å²) in [5.41, 5.74) is 0. The van der Waals surface area contributed by atoms with E-state index in [1.165, 1.54) is 25.7 Å². The molecule has 2 aliphatic rings. The van der Waals surface area contributed by atoms with E-state index in [2.05, 4.69) is 22.4 Å². The molecule has 3 heterocycles. The van der Waals surface area contributed by atoms with Crippen molar-refractivity contribution in [1.29, 1.82) is 0 Å². The first-order chi connectivity index (χ1) is 8.31. The van der Waals surface area contributed by atoms with Crippen LogP contribution in [0.25, 0.3) is 0 Å². The zero-order chi connectivity index (χ0) is 11.7. The molecule has 0 amide bonds. The molecule has 19 heavy (non-hydrogen) atoms. The van der Waals surface area contributed by atoms with Crippen molar-refractivity contribution in [2.24, 2.45) is 0 Å². The van der Waals surface area contributed by atoms with Crippen LogP contribution in [-0.2, 0) is 6.54 Å². The minimum absolute atomic E-state index is 0. The monoisotopic (exact) mass is 306 g/mol. The number of aromatic nitrogens is 2. The van der Waals surface area contributed by atoms with Crippen molar-refractivity contribution >= 4 is 24.8 Å². The lowest BCUT2D eigenvalue weighted by molar-refractivity contribution is 0.166. The Morgan fingerprint density at radius 2 is 1.95 bits per heavy atom. The minimum Gasteiger partial charge on any atom is -0.311 e. The van der Waals surface area contributed by atoms with Gasteiger partial charge in [0.1, 0.15) is 0 Å². The summed E-state index contributed by atoms with van der Waals surface area (Å²) in [7, 11) is 2.26. The standard InChI is InChI=1S/C13H22N4.2ClH/c1-16(7-8-17-6-2-5-14-17)13-9-11-3-4-12(10-13)15-11;;/h2,5-6,11-13,15H,3-4,7-10H2,1H3;2*1H. The van der Waals surface area contributed by atoms with Gasteiger partial charge in [0, 0.05) is 37.1 Å². The molecule has 0 spiro atoms. The molecule has 3 rings (SSSR count). The van der Waals surface area contributed by atoms with Crippen molar-refractivity contribution < 1.29 is 0 Å². The van der Waals surface area contributed by atoms with Gasteiger partial charge in [-0.15, -0.1) is 24.8 Å². The van der Waals surface area contributed by atoms with Crippen LogP contribution in [0.4, 0.5) is 0 Å². The van der Waals surface area contributed by atoms with Crippen LogP contribution in [0.5, 0.6) is 0 Å². The second kappa shape index (κ2) is 7.48. The summed E-state index contributed by atoms with van der Waals surface area (Å²) in [6.45, 7) is 2.11. The fourth-order valence-electron chi connectivity index (χ4n) is 3.26. The number of halogens is 2. The quantitative estimate of drug-likeness (QED) is 0.923. The average Bonchev–Trinajstić information content (AvgIpc) is 2.96. The molecule has 0 saturated carbocycles. The Hall–Kier alpha value is -0.290. The number of fused-ring (bicyclic) bond motifs is 2. The minimum atomic E-state index is 0. The van der Waals surface area contributed by atoms with Gasteiger partial charge in [-0.25, -0.2) is 0 Å². The number of rotatable bonds is 4. The number of nitrogens with one attached hydrogen (secondary N) is 1. The number of hydrogen-bond donors (Lipinski definition) is 1. The van der Waals surface area contributed by atoms with Crippen LogP contribution in [0.3, 0.4) is 0 Å². The molecule has 0 aromatic carbocycles. The molecule has 110 valence electrons. The van der Waals surface area contributed by atoms with Gasteiger partial charge >= 0.3 is 0 Å². The normalized spacial score (nSPS) is 28.8. The van der Waals surface area contributed by atoms with Crippen molar-refractivity contribution in [3.63, 3.8) is 0 Å². The Morgan fingerprint density at radius 3 is 2.53 bits per heavy atom. The van der Waals surface area contributed by atoms with Crippen LogP contribution in [0.2, 0.25) is 0 Å². The zero-order valence-electron chi connectivity index (χ0n) is 11.4. The lowest BCUT2D eigenvalue weighted by Gasteiger charge is -2.35. The van der Waals surface area contributed by atoms with Gasteiger partial charge in [-0.05, 0) is 38.8 Å². The topological polar surface area (TPSA) is 33.1 Å². The highest BCUT2D eigenvalue weighted by Gasteiger charge is 2.34. The summed E-state index contributed by atoms with van der Waals surface area (Å²) >= 11 is 0. The maximum Gasteiger partial charge on any atom is 0.0536 e. The third-order valence-corrected chi connectivity index (χ3v) is 4.31. The smallest absolute Gasteiger partial charge is 0.0536 e. The summed E-state index contributed by atoms with van der Waals surface area (Å²) in [5.74, 6) is 0. The molecular weight excluding hydrogens is 283 g/mol. The highest BCUT2D eigenvalue weighted by molar-refractivity contribution is 5.85. The van der Waals surface area contributed by atoms with E-state index in [-0.39, 0.29) is 24.8 Å². The Labute approximate surface area is 127 Å². The van der Waals surface area contributed by atoms with Crippen LogP contribution in [0.15, 0.2) is 18.5 Å². The summed E-state index contributed by atoms with van der Waals surface area (Å²) < 4.78 is 2.02. The fourth-order valence-corrected chi connectivity index (χ4v) is 3.26. The SMILES string of the molecule is CN(CCn1cccn1)C1CC2CCC(C1)N2.Cl.Cl. The van der Waals surface area contributed by atoms with Gasteiger partial charge in [0.05, 0.1) is 6.54 Å². The van der Waals surface area contributed by atoms with Crippen LogP contribution < -0.4 is 5.32 Å². The molecule has 1 aromatic heterocycles. The molecule has 2 unspecified atom stereocenters. The molecule has 2 aliphatic heterocycles. The molecule has 2 saturated heterocycles. The third kappa shape index (κ3) is 4.09. The third-order valence-electron chi connectivity index (χ3n) is 4.31. The van der Waals surface area contributed by atoms with Crippen molar-refractivity contribution in [3.8, 4) is 0 Å². The maximum atomic E-state index is 4.25. The van der Waals surface area contributed by atoms with Crippen LogP contribution in [0, 0.1) is 0 Å². The molecule has 1 aromatic rings. The molecule has 2 bridgehead atoms. The first-order valence-electron chi connectivity index (χ1n) is 6.75. The van der Waals surface area contributed by atoms with E-state index < -0.39 is 0 Å². The predicted octanol–water partition coefficient (Wildman–Crippen LogP) is 1.94. The molecular formula is C13H24Cl2N4. The summed E-state index contributed by atoms with van der Waals surface area (Å²) in [6.07, 6.45) is 9.31. The molecule has 1 N–H and O–H groups in total. The Bertz CT molecular complexity index is 346. The van der Waals surface area contributed by atoms with Crippen molar-refractivity contribution in [1.82, 2.24) is 20.0 Å². The number of hydrogen-bond acceptors (Lipinski definition) is 3. The highest BCUT2D eigenvalue weighted by atomic mass is 35.5. The Kier molecular flexibility index (Phi) is 6.60. The lowest BCUT2D eigenvalue weighted by Crippen LogP contribution is -2.47. The van der Waals surface area contributed by atoms with Gasteiger partial charge in [-0.1, -0.05) is 0 Å². The van der Waals surface area contributed by atoms with Gasteiger partial charge in [-0.2, -0.15) is 5.10 Å². The first-order valence-corrected chi connectivity index (χ1v) is 6.75. The van der Waals surface area contributed by atoms with Crippen LogP contribution in [0.1, 0.15) is 25.7 Å². The van der Waals surface area contributed by atoms with Gasteiger partial charge in [0.15, 0.2) is 0 Å². The van der Waals surface area contributed by atoms with E-state index in [1.807, 2.05) is 23.1 Å². The molecule has 0 aliphatic carbocycles. The number of likely N-dealkylation sites (N-methyl/N-ethyl adjacent to an activating group) is 1. The van der Waals surface area contributed by atoms with E-state index in [4.69, 9.17) is 0 Å². The summed E-state index contributed by atoms with van der Waals surface area (Å²) in [4.78, 5) is 2.52. The Morgan fingerprint density at radius 1 is 1.26 bits per heavy atom. The molecule has 4 nitrogen and oxygen atoms in total. The van der Waals surface area contributed by atoms with E-state index in [0.717, 1.165) is 31.2 Å². The maximum absolute atomic E-state index is 4.25.